The average Bonchev–Trinajstić information content (AvgIpc) is 2.37. The first-order valence-electron chi connectivity index (χ1n) is 7.19. The van der Waals surface area contributed by atoms with Crippen molar-refractivity contribution >= 4 is 10.0 Å². The molecule has 0 aromatic carbocycles. The van der Waals surface area contributed by atoms with Gasteiger partial charge in [-0.25, -0.2) is 12.7 Å². The predicted molar refractivity (Wildman–Crippen MR) is 77.7 cm³/mol. The molecule has 1 aliphatic heterocycles. The van der Waals surface area contributed by atoms with Crippen LogP contribution in [0.4, 0.5) is 0 Å². The summed E-state index contributed by atoms with van der Waals surface area (Å²) in [6.07, 6.45) is 2.50. The summed E-state index contributed by atoms with van der Waals surface area (Å²) in [5.74, 6) is 0.766. The lowest BCUT2D eigenvalue weighted by molar-refractivity contribution is 0.154. The quantitative estimate of drug-likeness (QED) is 0.727. The van der Waals surface area contributed by atoms with E-state index >= 15 is 0 Å². The van der Waals surface area contributed by atoms with Crippen molar-refractivity contribution in [2.75, 3.05) is 39.1 Å². The Balaban J connectivity index is 2.29. The third-order valence-electron chi connectivity index (χ3n) is 3.52. The molecule has 6 heteroatoms. The van der Waals surface area contributed by atoms with Crippen LogP contribution < -0.4 is 5.32 Å². The Morgan fingerprint density at radius 1 is 1.37 bits per heavy atom. The summed E-state index contributed by atoms with van der Waals surface area (Å²) in [4.78, 5) is 0. The molecule has 0 amide bonds. The molecule has 1 fully saturated rings. The third kappa shape index (κ3) is 5.77. The highest BCUT2D eigenvalue weighted by atomic mass is 32.2. The van der Waals surface area contributed by atoms with Crippen LogP contribution in [-0.4, -0.2) is 57.9 Å². The molecule has 0 radical (unpaired) electrons. The van der Waals surface area contributed by atoms with Crippen LogP contribution in [0.15, 0.2) is 0 Å². The highest BCUT2D eigenvalue weighted by Gasteiger charge is 2.27. The smallest absolute Gasteiger partial charge is 0.214 e. The maximum absolute atomic E-state index is 11.9. The lowest BCUT2D eigenvalue weighted by atomic mass is 10.1. The van der Waals surface area contributed by atoms with Gasteiger partial charge in [0, 0.05) is 39.4 Å². The van der Waals surface area contributed by atoms with Crippen LogP contribution in [0.2, 0.25) is 0 Å². The Bertz CT molecular complexity index is 338. The minimum Gasteiger partial charge on any atom is -0.384 e. The van der Waals surface area contributed by atoms with Crippen molar-refractivity contribution in [1.82, 2.24) is 9.62 Å². The average molecular weight is 292 g/mol. The molecule has 1 unspecified atom stereocenters. The second-order valence-electron chi connectivity index (χ2n) is 5.46. The van der Waals surface area contributed by atoms with Gasteiger partial charge in [0.25, 0.3) is 0 Å². The Labute approximate surface area is 117 Å². The molecule has 5 nitrogen and oxygen atoms in total. The van der Waals surface area contributed by atoms with Crippen LogP contribution in [0.25, 0.3) is 0 Å². The fraction of sp³-hybridized carbons (Fsp3) is 1.00. The largest absolute Gasteiger partial charge is 0.384 e. The molecule has 1 N–H and O–H groups in total. The molecule has 0 aromatic rings. The zero-order chi connectivity index (χ0) is 14.3. The lowest BCUT2D eigenvalue weighted by Gasteiger charge is -2.32. The molecule has 1 aliphatic rings. The summed E-state index contributed by atoms with van der Waals surface area (Å²) in [6.45, 7) is 7.05. The molecule has 0 spiro atoms. The topological polar surface area (TPSA) is 58.6 Å². The van der Waals surface area contributed by atoms with E-state index in [4.69, 9.17) is 4.74 Å². The van der Waals surface area contributed by atoms with Crippen LogP contribution in [0.5, 0.6) is 0 Å². The van der Waals surface area contributed by atoms with Gasteiger partial charge in [0.2, 0.25) is 10.0 Å². The highest BCUT2D eigenvalue weighted by Crippen LogP contribution is 2.15. The summed E-state index contributed by atoms with van der Waals surface area (Å²) in [7, 11) is -1.30. The van der Waals surface area contributed by atoms with E-state index in [0.717, 1.165) is 26.0 Å². The number of rotatable bonds is 8. The minimum atomic E-state index is -3.01. The number of nitrogens with one attached hydrogen (secondary N) is 1. The molecular formula is C13H28N2O3S. The van der Waals surface area contributed by atoms with Crippen LogP contribution in [-0.2, 0) is 14.8 Å². The first-order valence-corrected chi connectivity index (χ1v) is 8.80. The van der Waals surface area contributed by atoms with Crippen LogP contribution in [0.1, 0.15) is 33.1 Å². The fourth-order valence-electron chi connectivity index (χ4n) is 2.44. The molecule has 0 aromatic heterocycles. The van der Waals surface area contributed by atoms with E-state index in [-0.39, 0.29) is 5.75 Å². The van der Waals surface area contributed by atoms with Crippen molar-refractivity contribution < 1.29 is 13.2 Å². The number of sulfonamides is 1. The third-order valence-corrected chi connectivity index (χ3v) is 5.59. The molecule has 114 valence electrons. The normalized spacial score (nSPS) is 20.6. The molecule has 0 saturated carbocycles. The van der Waals surface area contributed by atoms with Crippen molar-refractivity contribution in [3.63, 3.8) is 0 Å². The molecule has 1 rings (SSSR count). The first-order chi connectivity index (χ1) is 8.99. The standard InChI is InChI=1S/C13H28N2O3S/c1-4-9-19(16,17)15-7-5-13(6-8-15)14-10-12(2)11-18-3/h12-14H,4-11H2,1-3H3. The van der Waals surface area contributed by atoms with E-state index in [1.807, 2.05) is 6.92 Å². The monoisotopic (exact) mass is 292 g/mol. The number of piperidine rings is 1. The molecule has 1 atom stereocenters. The van der Waals surface area contributed by atoms with Gasteiger partial charge in [-0.3, -0.25) is 0 Å². The fourth-order valence-corrected chi connectivity index (χ4v) is 3.98. The zero-order valence-electron chi connectivity index (χ0n) is 12.4. The molecule has 1 saturated heterocycles. The van der Waals surface area contributed by atoms with Crippen molar-refractivity contribution in [3.05, 3.63) is 0 Å². The van der Waals surface area contributed by atoms with Gasteiger partial charge in [0.1, 0.15) is 0 Å². The van der Waals surface area contributed by atoms with Crippen molar-refractivity contribution in [1.29, 1.82) is 0 Å². The summed E-state index contributed by atoms with van der Waals surface area (Å²) in [5.41, 5.74) is 0. The van der Waals surface area contributed by atoms with Gasteiger partial charge in [-0.2, -0.15) is 0 Å². The Morgan fingerprint density at radius 3 is 2.53 bits per heavy atom. The second-order valence-corrected chi connectivity index (χ2v) is 7.55. The van der Waals surface area contributed by atoms with E-state index in [1.54, 1.807) is 11.4 Å². The van der Waals surface area contributed by atoms with Crippen molar-refractivity contribution in [2.24, 2.45) is 5.92 Å². The van der Waals surface area contributed by atoms with E-state index in [1.165, 1.54) is 0 Å². The van der Waals surface area contributed by atoms with E-state index in [0.29, 0.717) is 31.5 Å². The Morgan fingerprint density at radius 2 is 2.00 bits per heavy atom. The van der Waals surface area contributed by atoms with Gasteiger partial charge < -0.3 is 10.1 Å². The number of ether oxygens (including phenoxy) is 1. The minimum absolute atomic E-state index is 0.274. The van der Waals surface area contributed by atoms with Crippen LogP contribution in [0.3, 0.4) is 0 Å². The first kappa shape index (κ1) is 16.9. The maximum atomic E-state index is 11.9. The molecule has 0 aliphatic carbocycles. The molecule has 19 heavy (non-hydrogen) atoms. The van der Waals surface area contributed by atoms with Gasteiger partial charge in [0.15, 0.2) is 0 Å². The van der Waals surface area contributed by atoms with Gasteiger partial charge in [-0.15, -0.1) is 0 Å². The summed E-state index contributed by atoms with van der Waals surface area (Å²) >= 11 is 0. The van der Waals surface area contributed by atoms with Crippen molar-refractivity contribution in [3.8, 4) is 0 Å². The Kier molecular flexibility index (Phi) is 7.28. The maximum Gasteiger partial charge on any atom is 0.214 e. The highest BCUT2D eigenvalue weighted by molar-refractivity contribution is 7.89. The molecule has 1 heterocycles. The molecular weight excluding hydrogens is 264 g/mol. The Hall–Kier alpha value is -0.170. The van der Waals surface area contributed by atoms with Crippen LogP contribution >= 0.6 is 0 Å². The number of methoxy groups -OCH3 is 1. The summed E-state index contributed by atoms with van der Waals surface area (Å²) < 4.78 is 30.6. The summed E-state index contributed by atoms with van der Waals surface area (Å²) in [6, 6.07) is 0.437. The van der Waals surface area contributed by atoms with Gasteiger partial charge in [-0.05, 0) is 25.2 Å². The van der Waals surface area contributed by atoms with E-state index in [9.17, 15) is 8.42 Å². The van der Waals surface area contributed by atoms with Crippen molar-refractivity contribution in [2.45, 2.75) is 39.2 Å². The summed E-state index contributed by atoms with van der Waals surface area (Å²) in [5, 5.41) is 3.51. The van der Waals surface area contributed by atoms with Crippen LogP contribution in [0, 0.1) is 5.92 Å². The number of hydrogen-bond donors (Lipinski definition) is 1. The number of nitrogens with zero attached hydrogens (tertiary/aromatic N) is 1. The second kappa shape index (κ2) is 8.19. The lowest BCUT2D eigenvalue weighted by Crippen LogP contribution is -2.46. The van der Waals surface area contributed by atoms with Gasteiger partial charge in [0.05, 0.1) is 5.75 Å². The van der Waals surface area contributed by atoms with Gasteiger partial charge in [-0.1, -0.05) is 13.8 Å². The van der Waals surface area contributed by atoms with E-state index in [2.05, 4.69) is 12.2 Å². The van der Waals surface area contributed by atoms with E-state index < -0.39 is 10.0 Å². The zero-order valence-corrected chi connectivity index (χ0v) is 13.2. The molecule has 0 bridgehead atoms. The van der Waals surface area contributed by atoms with Gasteiger partial charge >= 0.3 is 0 Å². The predicted octanol–water partition coefficient (Wildman–Crippen LogP) is 1.06. The number of hydrogen-bond acceptors (Lipinski definition) is 4. The SMILES string of the molecule is CCCS(=O)(=O)N1CCC(NCC(C)COC)CC1.